The molecule has 0 heterocycles. The van der Waals surface area contributed by atoms with Gasteiger partial charge in [0.05, 0.1) is 6.54 Å². The highest BCUT2D eigenvalue weighted by Gasteiger charge is 2.00. The summed E-state index contributed by atoms with van der Waals surface area (Å²) in [5.41, 5.74) is 1.12. The zero-order chi connectivity index (χ0) is 13.8. The number of rotatable bonds is 10. The van der Waals surface area contributed by atoms with Crippen molar-refractivity contribution < 1.29 is 9.53 Å². The van der Waals surface area contributed by atoms with Gasteiger partial charge >= 0.3 is 0 Å². The van der Waals surface area contributed by atoms with Crippen molar-refractivity contribution in [1.82, 2.24) is 10.6 Å². The van der Waals surface area contributed by atoms with Gasteiger partial charge in [-0.1, -0.05) is 30.3 Å². The number of carbonyl (C=O) groups is 1. The predicted molar refractivity (Wildman–Crippen MR) is 76.9 cm³/mol. The first-order valence-electron chi connectivity index (χ1n) is 6.83. The monoisotopic (exact) mass is 264 g/mol. The van der Waals surface area contributed by atoms with E-state index in [0.29, 0.717) is 13.1 Å². The highest BCUT2D eigenvalue weighted by Crippen LogP contribution is 1.97. The minimum atomic E-state index is 0.0424. The van der Waals surface area contributed by atoms with Crippen LogP contribution >= 0.6 is 0 Å². The predicted octanol–water partition coefficient (Wildman–Crippen LogP) is 1.71. The molecule has 0 aliphatic rings. The summed E-state index contributed by atoms with van der Waals surface area (Å²) in [4.78, 5) is 11.6. The third kappa shape index (κ3) is 8.35. The molecule has 0 aromatic heterocycles. The lowest BCUT2D eigenvalue weighted by molar-refractivity contribution is -0.120. The van der Waals surface area contributed by atoms with Crippen LogP contribution in [0.3, 0.4) is 0 Å². The fraction of sp³-hybridized carbons (Fsp3) is 0.533. The van der Waals surface area contributed by atoms with Crippen molar-refractivity contribution in [3.8, 4) is 0 Å². The van der Waals surface area contributed by atoms with Crippen molar-refractivity contribution in [3.63, 3.8) is 0 Å². The van der Waals surface area contributed by atoms with Gasteiger partial charge in [0, 0.05) is 20.3 Å². The molecule has 0 unspecified atom stereocenters. The fourth-order valence-electron chi connectivity index (χ4n) is 1.73. The molecule has 19 heavy (non-hydrogen) atoms. The van der Waals surface area contributed by atoms with Gasteiger partial charge in [-0.3, -0.25) is 4.79 Å². The van der Waals surface area contributed by atoms with E-state index in [1.54, 1.807) is 7.11 Å². The molecular formula is C15H24N2O2. The summed E-state index contributed by atoms with van der Waals surface area (Å²) < 4.78 is 4.98. The summed E-state index contributed by atoms with van der Waals surface area (Å²) in [7, 11) is 1.72. The first kappa shape index (κ1) is 15.7. The van der Waals surface area contributed by atoms with Crippen molar-refractivity contribution in [2.45, 2.75) is 25.8 Å². The quantitative estimate of drug-likeness (QED) is 0.633. The van der Waals surface area contributed by atoms with Crippen LogP contribution in [0, 0.1) is 0 Å². The number of ether oxygens (including phenoxy) is 1. The first-order valence-corrected chi connectivity index (χ1v) is 6.83. The van der Waals surface area contributed by atoms with Gasteiger partial charge in [0.1, 0.15) is 0 Å². The molecule has 0 radical (unpaired) electrons. The number of carbonyl (C=O) groups excluding carboxylic acids is 1. The summed E-state index contributed by atoms with van der Waals surface area (Å²) in [6.07, 6.45) is 3.29. The van der Waals surface area contributed by atoms with E-state index in [4.69, 9.17) is 4.74 Å². The lowest BCUT2D eigenvalue weighted by Crippen LogP contribution is -2.33. The first-order chi connectivity index (χ1) is 9.33. The molecule has 0 aliphatic heterocycles. The Morgan fingerprint density at radius 3 is 2.68 bits per heavy atom. The minimum absolute atomic E-state index is 0.0424. The molecule has 0 aliphatic carbocycles. The van der Waals surface area contributed by atoms with Gasteiger partial charge in [0.15, 0.2) is 0 Å². The van der Waals surface area contributed by atoms with E-state index in [9.17, 15) is 4.79 Å². The van der Waals surface area contributed by atoms with Crippen LogP contribution in [0.1, 0.15) is 24.8 Å². The smallest absolute Gasteiger partial charge is 0.234 e. The Balaban J connectivity index is 1.96. The molecule has 1 rings (SSSR count). The van der Waals surface area contributed by atoms with Gasteiger partial charge in [-0.05, 0) is 31.4 Å². The normalized spacial score (nSPS) is 10.4. The lowest BCUT2D eigenvalue weighted by Gasteiger charge is -2.06. The average molecular weight is 264 g/mol. The number of nitrogens with one attached hydrogen (secondary N) is 2. The summed E-state index contributed by atoms with van der Waals surface area (Å²) in [5.74, 6) is 0.0424. The Hall–Kier alpha value is -1.39. The molecule has 0 bridgehead atoms. The van der Waals surface area contributed by atoms with E-state index in [0.717, 1.165) is 38.0 Å². The molecule has 1 aromatic carbocycles. The molecule has 0 fully saturated rings. The van der Waals surface area contributed by atoms with E-state index < -0.39 is 0 Å². The van der Waals surface area contributed by atoms with E-state index in [1.165, 1.54) is 0 Å². The van der Waals surface area contributed by atoms with Gasteiger partial charge in [-0.2, -0.15) is 0 Å². The Kier molecular flexibility index (Phi) is 8.68. The molecule has 0 saturated carbocycles. The third-order valence-electron chi connectivity index (χ3n) is 2.82. The summed E-state index contributed by atoms with van der Waals surface area (Å²) in [6.45, 7) is 2.67. The number of hydrogen-bond donors (Lipinski definition) is 2. The average Bonchev–Trinajstić information content (AvgIpc) is 2.45. The van der Waals surface area contributed by atoms with Crippen molar-refractivity contribution >= 4 is 5.91 Å². The lowest BCUT2D eigenvalue weighted by atomic mass is 10.2. The molecule has 1 amide bonds. The molecule has 106 valence electrons. The third-order valence-corrected chi connectivity index (χ3v) is 2.82. The van der Waals surface area contributed by atoms with Crippen LogP contribution in [0.15, 0.2) is 30.3 Å². The molecule has 4 heteroatoms. The van der Waals surface area contributed by atoms with Crippen LogP contribution in [-0.2, 0) is 16.1 Å². The van der Waals surface area contributed by atoms with Gasteiger partial charge in [0.25, 0.3) is 0 Å². The van der Waals surface area contributed by atoms with Gasteiger partial charge in [0.2, 0.25) is 5.91 Å². The number of hydrogen-bond acceptors (Lipinski definition) is 3. The fourth-order valence-corrected chi connectivity index (χ4v) is 1.73. The molecule has 4 nitrogen and oxygen atoms in total. The van der Waals surface area contributed by atoms with Gasteiger partial charge in [-0.15, -0.1) is 0 Å². The Morgan fingerprint density at radius 1 is 1.16 bits per heavy atom. The van der Waals surface area contributed by atoms with E-state index in [2.05, 4.69) is 10.6 Å². The van der Waals surface area contributed by atoms with E-state index >= 15 is 0 Å². The molecule has 0 saturated heterocycles. The highest BCUT2D eigenvalue weighted by molar-refractivity contribution is 5.77. The minimum Gasteiger partial charge on any atom is -0.385 e. The Bertz CT molecular complexity index is 341. The maximum atomic E-state index is 11.6. The summed E-state index contributed by atoms with van der Waals surface area (Å²) in [6, 6.07) is 9.92. The van der Waals surface area contributed by atoms with Gasteiger partial charge < -0.3 is 15.4 Å². The van der Waals surface area contributed by atoms with Crippen LogP contribution in [0.4, 0.5) is 0 Å². The second-order valence-corrected chi connectivity index (χ2v) is 4.49. The van der Waals surface area contributed by atoms with Crippen LogP contribution in [0.5, 0.6) is 0 Å². The highest BCUT2D eigenvalue weighted by atomic mass is 16.5. The SMILES string of the molecule is COCCCCCNCC(=O)NCc1ccccc1. The maximum Gasteiger partial charge on any atom is 0.234 e. The van der Waals surface area contributed by atoms with Crippen molar-refractivity contribution in [3.05, 3.63) is 35.9 Å². The Morgan fingerprint density at radius 2 is 1.95 bits per heavy atom. The second kappa shape index (κ2) is 10.5. The molecule has 1 aromatic rings. The standard InChI is InChI=1S/C15H24N2O2/c1-19-11-7-3-6-10-16-13-15(18)17-12-14-8-4-2-5-9-14/h2,4-5,8-9,16H,3,6-7,10-13H2,1H3,(H,17,18). The molecule has 2 N–H and O–H groups in total. The van der Waals surface area contributed by atoms with E-state index in [-0.39, 0.29) is 5.91 Å². The van der Waals surface area contributed by atoms with Crippen molar-refractivity contribution in [2.24, 2.45) is 0 Å². The van der Waals surface area contributed by atoms with Crippen molar-refractivity contribution in [1.29, 1.82) is 0 Å². The van der Waals surface area contributed by atoms with Crippen LogP contribution in [0.2, 0.25) is 0 Å². The van der Waals surface area contributed by atoms with Crippen LogP contribution < -0.4 is 10.6 Å². The Labute approximate surface area is 115 Å². The summed E-state index contributed by atoms with van der Waals surface area (Å²) in [5, 5.41) is 6.03. The van der Waals surface area contributed by atoms with Crippen molar-refractivity contribution in [2.75, 3.05) is 26.8 Å². The number of unbranched alkanes of at least 4 members (excludes halogenated alkanes) is 2. The topological polar surface area (TPSA) is 50.4 Å². The number of benzene rings is 1. The molecule has 0 atom stereocenters. The van der Waals surface area contributed by atoms with E-state index in [1.807, 2.05) is 30.3 Å². The van der Waals surface area contributed by atoms with Crippen LogP contribution in [-0.4, -0.2) is 32.7 Å². The van der Waals surface area contributed by atoms with Gasteiger partial charge in [-0.25, -0.2) is 0 Å². The maximum absolute atomic E-state index is 11.6. The number of methoxy groups -OCH3 is 1. The molecule has 0 spiro atoms. The number of amides is 1. The largest absolute Gasteiger partial charge is 0.385 e. The zero-order valence-electron chi connectivity index (χ0n) is 11.7. The van der Waals surface area contributed by atoms with Crippen LogP contribution in [0.25, 0.3) is 0 Å². The molecular weight excluding hydrogens is 240 g/mol. The zero-order valence-corrected chi connectivity index (χ0v) is 11.7. The second-order valence-electron chi connectivity index (χ2n) is 4.49. The summed E-state index contributed by atoms with van der Waals surface area (Å²) >= 11 is 0.